The molecule has 4 rings (SSSR count). The van der Waals surface area contributed by atoms with Crippen molar-refractivity contribution in [3.63, 3.8) is 0 Å². The average Bonchev–Trinajstić information content (AvgIpc) is 3.15. The SMILES string of the molecule is CCCCOC(=O)CCN1CCC2(CC1)COc1ccc(OCc3c(Cl)cc(Cl)cc3Cl)cc12. The molecule has 0 N–H and O–H groups in total. The summed E-state index contributed by atoms with van der Waals surface area (Å²) < 4.78 is 17.4. The summed E-state index contributed by atoms with van der Waals surface area (Å²) in [6, 6.07) is 9.30. The monoisotopic (exact) mass is 525 g/mol. The lowest BCUT2D eigenvalue weighted by molar-refractivity contribution is -0.144. The second-order valence-corrected chi connectivity index (χ2v) is 10.3. The van der Waals surface area contributed by atoms with Gasteiger partial charge in [0.2, 0.25) is 0 Å². The quantitative estimate of drug-likeness (QED) is 0.269. The van der Waals surface area contributed by atoms with Gasteiger partial charge >= 0.3 is 5.97 Å². The van der Waals surface area contributed by atoms with Crippen molar-refractivity contribution in [3.05, 3.63) is 56.5 Å². The van der Waals surface area contributed by atoms with E-state index in [1.807, 2.05) is 12.1 Å². The van der Waals surface area contributed by atoms with E-state index in [1.165, 1.54) is 5.56 Å². The number of hydrogen-bond donors (Lipinski definition) is 0. The number of rotatable bonds is 9. The third-order valence-electron chi connectivity index (χ3n) is 6.72. The van der Waals surface area contributed by atoms with Gasteiger partial charge in [-0.15, -0.1) is 0 Å². The number of carbonyl (C=O) groups is 1. The predicted octanol–water partition coefficient (Wildman–Crippen LogP) is 6.69. The van der Waals surface area contributed by atoms with Crippen LogP contribution in [0.5, 0.6) is 11.5 Å². The van der Waals surface area contributed by atoms with E-state index in [0.717, 1.165) is 56.8 Å². The molecule has 1 fully saturated rings. The first kappa shape index (κ1) is 25.4. The lowest BCUT2D eigenvalue weighted by Gasteiger charge is -2.38. The maximum atomic E-state index is 11.9. The molecule has 2 aliphatic heterocycles. The minimum absolute atomic E-state index is 0.0254. The van der Waals surface area contributed by atoms with Crippen LogP contribution in [-0.2, 0) is 21.6 Å². The van der Waals surface area contributed by atoms with Gasteiger partial charge in [-0.3, -0.25) is 4.79 Å². The Kier molecular flexibility index (Phi) is 8.52. The number of piperidine rings is 1. The predicted molar refractivity (Wildman–Crippen MR) is 136 cm³/mol. The highest BCUT2D eigenvalue weighted by Gasteiger charge is 2.43. The van der Waals surface area contributed by atoms with E-state index in [-0.39, 0.29) is 18.0 Å². The summed E-state index contributed by atoms with van der Waals surface area (Å²) in [6.45, 7) is 6.12. The van der Waals surface area contributed by atoms with Crippen LogP contribution in [0.15, 0.2) is 30.3 Å². The summed E-state index contributed by atoms with van der Waals surface area (Å²) in [6.07, 6.45) is 4.34. The highest BCUT2D eigenvalue weighted by atomic mass is 35.5. The number of nitrogens with zero attached hydrogens (tertiary/aromatic N) is 1. The molecule has 1 saturated heterocycles. The first-order valence-corrected chi connectivity index (χ1v) is 12.9. The highest BCUT2D eigenvalue weighted by molar-refractivity contribution is 6.39. The molecule has 0 bridgehead atoms. The summed E-state index contributed by atoms with van der Waals surface area (Å²) in [5, 5.41) is 1.47. The van der Waals surface area contributed by atoms with Crippen molar-refractivity contribution in [3.8, 4) is 11.5 Å². The number of ether oxygens (including phenoxy) is 3. The number of fused-ring (bicyclic) bond motifs is 2. The minimum atomic E-state index is -0.106. The second kappa shape index (κ2) is 11.4. The lowest BCUT2D eigenvalue weighted by Crippen LogP contribution is -2.44. The first-order valence-electron chi connectivity index (χ1n) is 11.8. The van der Waals surface area contributed by atoms with Crippen LogP contribution in [0, 0.1) is 0 Å². The number of benzene rings is 2. The first-order chi connectivity index (χ1) is 16.4. The molecule has 2 heterocycles. The van der Waals surface area contributed by atoms with Crippen LogP contribution in [-0.4, -0.2) is 43.7 Å². The van der Waals surface area contributed by atoms with Gasteiger partial charge in [-0.1, -0.05) is 48.1 Å². The molecule has 2 aliphatic rings. The van der Waals surface area contributed by atoms with E-state index >= 15 is 0 Å². The minimum Gasteiger partial charge on any atom is -0.492 e. The Bertz CT molecular complexity index is 998. The number of esters is 1. The van der Waals surface area contributed by atoms with Gasteiger partial charge in [-0.25, -0.2) is 0 Å². The van der Waals surface area contributed by atoms with Crippen molar-refractivity contribution in [2.45, 2.75) is 51.0 Å². The fourth-order valence-corrected chi connectivity index (χ4v) is 5.49. The van der Waals surface area contributed by atoms with E-state index in [2.05, 4.69) is 17.9 Å². The molecular formula is C26H30Cl3NO4. The van der Waals surface area contributed by atoms with Gasteiger partial charge in [0.15, 0.2) is 0 Å². The normalized spacial score (nSPS) is 16.8. The molecule has 5 nitrogen and oxygen atoms in total. The van der Waals surface area contributed by atoms with Crippen molar-refractivity contribution >= 4 is 40.8 Å². The number of carbonyl (C=O) groups excluding carboxylic acids is 1. The Hall–Kier alpha value is -1.66. The maximum Gasteiger partial charge on any atom is 0.307 e. The Morgan fingerprint density at radius 2 is 1.85 bits per heavy atom. The van der Waals surface area contributed by atoms with Crippen LogP contribution in [0.25, 0.3) is 0 Å². The van der Waals surface area contributed by atoms with Crippen molar-refractivity contribution < 1.29 is 19.0 Å². The van der Waals surface area contributed by atoms with Gasteiger partial charge in [-0.2, -0.15) is 0 Å². The van der Waals surface area contributed by atoms with Crippen molar-refractivity contribution in [2.24, 2.45) is 0 Å². The topological polar surface area (TPSA) is 48.0 Å². The third-order valence-corrected chi connectivity index (χ3v) is 7.61. The van der Waals surface area contributed by atoms with E-state index in [4.69, 9.17) is 49.0 Å². The van der Waals surface area contributed by atoms with Gasteiger partial charge in [0.25, 0.3) is 0 Å². The van der Waals surface area contributed by atoms with Crippen LogP contribution >= 0.6 is 34.8 Å². The maximum absolute atomic E-state index is 11.9. The number of unbranched alkanes of at least 4 members (excludes halogenated alkanes) is 1. The van der Waals surface area contributed by atoms with Crippen LogP contribution in [0.4, 0.5) is 0 Å². The van der Waals surface area contributed by atoms with E-state index in [0.29, 0.717) is 40.3 Å². The lowest BCUT2D eigenvalue weighted by atomic mass is 9.74. The van der Waals surface area contributed by atoms with Crippen molar-refractivity contribution in [2.75, 3.05) is 32.8 Å². The Labute approximate surface area is 216 Å². The van der Waals surface area contributed by atoms with Crippen molar-refractivity contribution in [1.29, 1.82) is 0 Å². The molecule has 0 radical (unpaired) electrons. The fourth-order valence-electron chi connectivity index (χ4n) is 4.57. The summed E-state index contributed by atoms with van der Waals surface area (Å²) >= 11 is 18.6. The molecule has 34 heavy (non-hydrogen) atoms. The third kappa shape index (κ3) is 5.93. The average molecular weight is 527 g/mol. The van der Waals surface area contributed by atoms with E-state index < -0.39 is 0 Å². The number of halogens is 3. The summed E-state index contributed by atoms with van der Waals surface area (Å²) in [7, 11) is 0. The molecule has 0 aliphatic carbocycles. The van der Waals surface area contributed by atoms with Crippen LogP contribution in [0.3, 0.4) is 0 Å². The van der Waals surface area contributed by atoms with Gasteiger partial charge in [0, 0.05) is 28.1 Å². The van der Waals surface area contributed by atoms with E-state index in [1.54, 1.807) is 12.1 Å². The van der Waals surface area contributed by atoms with E-state index in [9.17, 15) is 4.79 Å². The zero-order chi connectivity index (χ0) is 24.1. The molecule has 2 aromatic rings. The largest absolute Gasteiger partial charge is 0.492 e. The van der Waals surface area contributed by atoms with Crippen molar-refractivity contribution in [1.82, 2.24) is 4.90 Å². The smallest absolute Gasteiger partial charge is 0.307 e. The Morgan fingerprint density at radius 3 is 2.56 bits per heavy atom. The molecule has 0 atom stereocenters. The summed E-state index contributed by atoms with van der Waals surface area (Å²) in [4.78, 5) is 14.3. The van der Waals surface area contributed by atoms with Crippen LogP contribution < -0.4 is 9.47 Å². The zero-order valence-corrected chi connectivity index (χ0v) is 21.6. The standard InChI is InChI=1S/C26H30Cl3NO4/c1-2-3-12-32-25(31)6-9-30-10-7-26(8-11-30)17-34-24-5-4-19(15-21(24)26)33-16-20-22(28)13-18(27)14-23(20)29/h4-5,13-15H,2-3,6-12,16-17H2,1H3. The molecule has 8 heteroatoms. The zero-order valence-electron chi connectivity index (χ0n) is 19.4. The Morgan fingerprint density at radius 1 is 1.12 bits per heavy atom. The summed E-state index contributed by atoms with van der Waals surface area (Å²) in [5.41, 5.74) is 1.88. The molecule has 0 aromatic heterocycles. The fraction of sp³-hybridized carbons (Fsp3) is 0.500. The molecule has 0 saturated carbocycles. The second-order valence-electron chi connectivity index (χ2n) is 9.03. The Balaban J connectivity index is 1.35. The number of likely N-dealkylation sites (tertiary alicyclic amines) is 1. The van der Waals surface area contributed by atoms with Gasteiger partial charge in [0.1, 0.15) is 18.1 Å². The van der Waals surface area contributed by atoms with Gasteiger partial charge in [-0.05, 0) is 62.7 Å². The molecule has 184 valence electrons. The number of hydrogen-bond acceptors (Lipinski definition) is 5. The molecular weight excluding hydrogens is 497 g/mol. The molecule has 1 spiro atoms. The van der Waals surface area contributed by atoms with Crippen LogP contribution in [0.1, 0.15) is 50.2 Å². The molecule has 2 aromatic carbocycles. The molecule has 0 unspecified atom stereocenters. The van der Waals surface area contributed by atoms with Crippen LogP contribution in [0.2, 0.25) is 15.1 Å². The molecule has 0 amide bonds. The van der Waals surface area contributed by atoms with Gasteiger partial charge < -0.3 is 19.1 Å². The highest BCUT2D eigenvalue weighted by Crippen LogP contribution is 2.47. The summed E-state index contributed by atoms with van der Waals surface area (Å²) in [5.74, 6) is 1.57. The van der Waals surface area contributed by atoms with Gasteiger partial charge in [0.05, 0.1) is 29.7 Å².